The summed E-state index contributed by atoms with van der Waals surface area (Å²) in [7, 11) is 0. The van der Waals surface area contributed by atoms with E-state index in [1.807, 2.05) is 12.1 Å². The van der Waals surface area contributed by atoms with Gasteiger partial charge in [-0.1, -0.05) is 15.9 Å². The summed E-state index contributed by atoms with van der Waals surface area (Å²) < 4.78 is 0.944. The van der Waals surface area contributed by atoms with Gasteiger partial charge in [-0.15, -0.1) is 0 Å². The number of hydrogen-bond acceptors (Lipinski definition) is 2. The van der Waals surface area contributed by atoms with Crippen LogP contribution in [0.1, 0.15) is 30.1 Å². The fourth-order valence-electron chi connectivity index (χ4n) is 1.81. The maximum absolute atomic E-state index is 11.8. The van der Waals surface area contributed by atoms with Crippen molar-refractivity contribution in [2.45, 2.75) is 25.4 Å². The molecule has 0 heterocycles. The van der Waals surface area contributed by atoms with Crippen LogP contribution in [0.25, 0.3) is 0 Å². The minimum atomic E-state index is -0.773. The van der Waals surface area contributed by atoms with E-state index in [0.717, 1.165) is 17.3 Å². The molecule has 0 saturated heterocycles. The fraction of sp³-hybridized carbons (Fsp3) is 0.462. The standard InChI is InChI=1S/C13H16BrNO2/c1-13(17,10-4-5-10)8-15-12(16)9-2-6-11(14)7-3-9/h2-3,6-7,10,17H,4-5,8H2,1H3,(H,15,16)/t13-/m1/s1. The van der Waals surface area contributed by atoms with Gasteiger partial charge in [0.05, 0.1) is 5.60 Å². The third-order valence-corrected chi connectivity index (χ3v) is 3.70. The van der Waals surface area contributed by atoms with E-state index in [2.05, 4.69) is 21.2 Å². The van der Waals surface area contributed by atoms with Crippen molar-refractivity contribution < 1.29 is 9.90 Å². The third-order valence-electron chi connectivity index (χ3n) is 3.17. The Morgan fingerprint density at radius 2 is 2.06 bits per heavy atom. The van der Waals surface area contributed by atoms with Crippen LogP contribution in [-0.2, 0) is 0 Å². The number of benzene rings is 1. The van der Waals surface area contributed by atoms with E-state index in [4.69, 9.17) is 0 Å². The van der Waals surface area contributed by atoms with Crippen molar-refractivity contribution >= 4 is 21.8 Å². The zero-order valence-electron chi connectivity index (χ0n) is 9.74. The first-order chi connectivity index (χ1) is 7.99. The first kappa shape index (κ1) is 12.6. The maximum Gasteiger partial charge on any atom is 0.251 e. The number of hydrogen-bond donors (Lipinski definition) is 2. The molecule has 0 aromatic heterocycles. The summed E-state index contributed by atoms with van der Waals surface area (Å²) in [6, 6.07) is 7.17. The minimum Gasteiger partial charge on any atom is -0.388 e. The number of nitrogens with one attached hydrogen (secondary N) is 1. The Morgan fingerprint density at radius 1 is 1.47 bits per heavy atom. The Labute approximate surface area is 109 Å². The van der Waals surface area contributed by atoms with Crippen molar-refractivity contribution in [3.63, 3.8) is 0 Å². The maximum atomic E-state index is 11.8. The lowest BCUT2D eigenvalue weighted by Gasteiger charge is -2.23. The molecule has 1 saturated carbocycles. The van der Waals surface area contributed by atoms with Crippen LogP contribution in [0.2, 0.25) is 0 Å². The van der Waals surface area contributed by atoms with Gasteiger partial charge in [0.1, 0.15) is 0 Å². The molecule has 17 heavy (non-hydrogen) atoms. The summed E-state index contributed by atoms with van der Waals surface area (Å²) >= 11 is 3.32. The summed E-state index contributed by atoms with van der Waals surface area (Å²) in [5.74, 6) is 0.200. The summed E-state index contributed by atoms with van der Waals surface area (Å²) in [5, 5.41) is 12.8. The number of aliphatic hydroxyl groups is 1. The average molecular weight is 298 g/mol. The van der Waals surface area contributed by atoms with Crippen LogP contribution in [0.4, 0.5) is 0 Å². The molecule has 0 radical (unpaired) electrons. The van der Waals surface area contributed by atoms with Gasteiger partial charge < -0.3 is 10.4 Å². The van der Waals surface area contributed by atoms with Gasteiger partial charge in [0, 0.05) is 16.6 Å². The number of carbonyl (C=O) groups is 1. The topological polar surface area (TPSA) is 49.3 Å². The second-order valence-corrected chi connectivity index (χ2v) is 5.74. The molecule has 0 unspecified atom stereocenters. The molecule has 1 atom stereocenters. The number of amides is 1. The van der Waals surface area contributed by atoms with Crippen LogP contribution >= 0.6 is 15.9 Å². The lowest BCUT2D eigenvalue weighted by Crippen LogP contribution is -2.42. The lowest BCUT2D eigenvalue weighted by molar-refractivity contribution is 0.0354. The predicted molar refractivity (Wildman–Crippen MR) is 69.8 cm³/mol. The highest BCUT2D eigenvalue weighted by molar-refractivity contribution is 9.10. The van der Waals surface area contributed by atoms with Crippen LogP contribution in [0.5, 0.6) is 0 Å². The monoisotopic (exact) mass is 297 g/mol. The highest BCUT2D eigenvalue weighted by atomic mass is 79.9. The van der Waals surface area contributed by atoms with Crippen LogP contribution in [-0.4, -0.2) is 23.2 Å². The van der Waals surface area contributed by atoms with Gasteiger partial charge in [-0.05, 0) is 49.9 Å². The highest BCUT2D eigenvalue weighted by Crippen LogP contribution is 2.39. The molecule has 1 aliphatic carbocycles. The average Bonchev–Trinajstić information content (AvgIpc) is 3.11. The molecule has 1 fully saturated rings. The first-order valence-corrected chi connectivity index (χ1v) is 6.54. The van der Waals surface area contributed by atoms with Gasteiger partial charge in [0.2, 0.25) is 0 Å². The molecule has 3 nitrogen and oxygen atoms in total. The summed E-state index contributed by atoms with van der Waals surface area (Å²) in [6.45, 7) is 2.10. The van der Waals surface area contributed by atoms with Crippen LogP contribution in [0.15, 0.2) is 28.7 Å². The Hall–Kier alpha value is -0.870. The molecule has 92 valence electrons. The third kappa shape index (κ3) is 3.30. The molecule has 0 bridgehead atoms. The van der Waals surface area contributed by atoms with E-state index >= 15 is 0 Å². The Morgan fingerprint density at radius 3 is 2.59 bits per heavy atom. The molecule has 1 aliphatic rings. The molecule has 2 N–H and O–H groups in total. The van der Waals surface area contributed by atoms with Gasteiger partial charge in [0.25, 0.3) is 5.91 Å². The SMILES string of the molecule is C[C@@](O)(CNC(=O)c1ccc(Br)cc1)C1CC1. The zero-order chi connectivity index (χ0) is 12.5. The fourth-order valence-corrected chi connectivity index (χ4v) is 2.08. The van der Waals surface area contributed by atoms with E-state index in [-0.39, 0.29) is 5.91 Å². The quantitative estimate of drug-likeness (QED) is 0.896. The van der Waals surface area contributed by atoms with Crippen molar-refractivity contribution in [1.82, 2.24) is 5.32 Å². The predicted octanol–water partition coefficient (Wildman–Crippen LogP) is 2.34. The Kier molecular flexibility index (Phi) is 3.54. The van der Waals surface area contributed by atoms with Gasteiger partial charge >= 0.3 is 0 Å². The van der Waals surface area contributed by atoms with E-state index in [1.165, 1.54) is 0 Å². The number of rotatable bonds is 4. The van der Waals surface area contributed by atoms with Gasteiger partial charge in [-0.2, -0.15) is 0 Å². The normalized spacial score (nSPS) is 18.5. The van der Waals surface area contributed by atoms with Gasteiger partial charge in [-0.25, -0.2) is 0 Å². The van der Waals surface area contributed by atoms with Crippen LogP contribution in [0.3, 0.4) is 0 Å². The van der Waals surface area contributed by atoms with E-state index in [0.29, 0.717) is 18.0 Å². The molecule has 1 aromatic rings. The first-order valence-electron chi connectivity index (χ1n) is 5.75. The smallest absolute Gasteiger partial charge is 0.251 e. The minimum absolute atomic E-state index is 0.140. The highest BCUT2D eigenvalue weighted by Gasteiger charge is 2.39. The van der Waals surface area contributed by atoms with E-state index in [1.54, 1.807) is 19.1 Å². The summed E-state index contributed by atoms with van der Waals surface area (Å²) in [4.78, 5) is 11.8. The van der Waals surface area contributed by atoms with Gasteiger partial charge in [0.15, 0.2) is 0 Å². The van der Waals surface area contributed by atoms with Crippen molar-refractivity contribution in [2.75, 3.05) is 6.54 Å². The van der Waals surface area contributed by atoms with E-state index < -0.39 is 5.60 Å². The zero-order valence-corrected chi connectivity index (χ0v) is 11.3. The van der Waals surface area contributed by atoms with Crippen LogP contribution in [0, 0.1) is 5.92 Å². The number of halogens is 1. The molecular formula is C13H16BrNO2. The number of carbonyl (C=O) groups excluding carboxylic acids is 1. The summed E-state index contributed by atoms with van der Waals surface area (Å²) in [6.07, 6.45) is 2.11. The van der Waals surface area contributed by atoms with E-state index in [9.17, 15) is 9.90 Å². The summed E-state index contributed by atoms with van der Waals surface area (Å²) in [5.41, 5.74) is -0.162. The van der Waals surface area contributed by atoms with Gasteiger partial charge in [-0.3, -0.25) is 4.79 Å². The second kappa shape index (κ2) is 4.78. The molecule has 0 spiro atoms. The van der Waals surface area contributed by atoms with Crippen LogP contribution < -0.4 is 5.32 Å². The Bertz CT molecular complexity index is 410. The van der Waals surface area contributed by atoms with Crippen molar-refractivity contribution in [1.29, 1.82) is 0 Å². The molecule has 4 heteroatoms. The lowest BCUT2D eigenvalue weighted by atomic mass is 10.0. The molecule has 0 aliphatic heterocycles. The Balaban J connectivity index is 1.91. The largest absolute Gasteiger partial charge is 0.388 e. The molecule has 1 amide bonds. The molecule has 1 aromatic carbocycles. The van der Waals surface area contributed by atoms with Crippen molar-refractivity contribution in [3.8, 4) is 0 Å². The van der Waals surface area contributed by atoms with Crippen molar-refractivity contribution in [2.24, 2.45) is 5.92 Å². The van der Waals surface area contributed by atoms with Crippen molar-refractivity contribution in [3.05, 3.63) is 34.3 Å². The second-order valence-electron chi connectivity index (χ2n) is 4.82. The molecular weight excluding hydrogens is 282 g/mol. The molecule has 2 rings (SSSR count).